The Morgan fingerprint density at radius 1 is 0.688 bits per heavy atom. The summed E-state index contributed by atoms with van der Waals surface area (Å²) >= 11 is 0. The van der Waals surface area contributed by atoms with Crippen LogP contribution >= 0.6 is 0 Å². The number of carbonyl (C=O) groups is 12. The van der Waals surface area contributed by atoms with E-state index >= 15 is 33.2 Å². The Morgan fingerprint density at radius 2 is 1.41 bits per heavy atom. The summed E-state index contributed by atoms with van der Waals surface area (Å²) in [6.07, 6.45) is 1.38. The van der Waals surface area contributed by atoms with Gasteiger partial charge in [-0.2, -0.15) is 0 Å². The molecule has 1 aromatic heterocycles. The number of aliphatic hydroxyl groups excluding tert-OH is 1. The molecule has 0 spiro atoms. The molecule has 5 aliphatic rings. The smallest absolute Gasteiger partial charge is 0.246 e. The van der Waals surface area contributed by atoms with Crippen LogP contribution in [0.25, 0.3) is 10.9 Å². The summed E-state index contributed by atoms with van der Waals surface area (Å²) < 4.78 is 36.7. The van der Waals surface area contributed by atoms with E-state index in [9.17, 15) is 33.9 Å². The summed E-state index contributed by atoms with van der Waals surface area (Å²) in [5, 5.41) is 40.0. The highest BCUT2D eigenvalue weighted by Gasteiger charge is 2.49. The molecule has 1 unspecified atom stereocenters. The van der Waals surface area contributed by atoms with Crippen molar-refractivity contribution in [3.05, 3.63) is 130 Å². The van der Waals surface area contributed by atoms with E-state index in [1.807, 2.05) is 16.7 Å². The monoisotopic (exact) mass is 1550 g/mol. The van der Waals surface area contributed by atoms with Gasteiger partial charge in [0.2, 0.25) is 70.9 Å². The molecular formula is C81H108FN14O16+. The fourth-order valence-corrected chi connectivity index (χ4v) is 15.0. The molecule has 12 bridgehead atoms. The zero-order valence-corrected chi connectivity index (χ0v) is 65.0. The van der Waals surface area contributed by atoms with Crippen molar-refractivity contribution in [3.63, 3.8) is 0 Å². The molecule has 112 heavy (non-hydrogen) atoms. The van der Waals surface area contributed by atoms with E-state index in [1.54, 1.807) is 73.8 Å². The fourth-order valence-electron chi connectivity index (χ4n) is 15.0. The predicted molar refractivity (Wildman–Crippen MR) is 410 cm³/mol. The number of benzene rings is 4. The normalized spacial score (nSPS) is 24.7. The molecule has 31 heteroatoms. The number of halogens is 1. The van der Waals surface area contributed by atoms with E-state index in [1.165, 1.54) is 38.0 Å². The molecule has 0 radical (unpaired) electrons. The molecule has 0 aliphatic carbocycles. The van der Waals surface area contributed by atoms with E-state index in [4.69, 9.17) is 14.2 Å². The van der Waals surface area contributed by atoms with Gasteiger partial charge in [-0.15, -0.1) is 0 Å². The number of rotatable bonds is 12. The van der Waals surface area contributed by atoms with Crippen molar-refractivity contribution in [1.82, 2.24) is 67.5 Å². The van der Waals surface area contributed by atoms with Crippen LogP contribution < -0.4 is 62.6 Å². The predicted octanol–water partition coefficient (Wildman–Crippen LogP) is 1.84. The van der Waals surface area contributed by atoms with Crippen molar-refractivity contribution in [2.75, 3.05) is 74.2 Å². The van der Waals surface area contributed by atoms with E-state index in [0.29, 0.717) is 88.0 Å². The van der Waals surface area contributed by atoms with Crippen LogP contribution in [0.2, 0.25) is 0 Å². The van der Waals surface area contributed by atoms with Gasteiger partial charge in [0.05, 0.1) is 53.6 Å². The quantitative estimate of drug-likeness (QED) is 0.0627. The number of aryl methyl sites for hydroxylation is 1. The molecule has 5 aliphatic heterocycles. The molecule has 10 rings (SSSR count). The lowest BCUT2D eigenvalue weighted by molar-refractivity contribution is -0.870. The summed E-state index contributed by atoms with van der Waals surface area (Å²) in [7, 11) is 7.68. The number of methoxy groups -OCH3 is 1. The van der Waals surface area contributed by atoms with E-state index < -0.39 is 156 Å². The first kappa shape index (κ1) is 83.9. The number of amides is 12. The summed E-state index contributed by atoms with van der Waals surface area (Å²) in [6.45, 7) is 4.36. The number of hydrogen-bond acceptors (Lipinski definition) is 16. The lowest BCUT2D eigenvalue weighted by Crippen LogP contribution is -2.66. The van der Waals surface area contributed by atoms with Crippen LogP contribution in [0.15, 0.2) is 91.1 Å². The summed E-state index contributed by atoms with van der Waals surface area (Å²) in [4.78, 5) is 180. The Balaban J connectivity index is 1.10. The van der Waals surface area contributed by atoms with Crippen LogP contribution in [0.5, 0.6) is 11.5 Å². The number of unbranched alkanes of at least 4 members (excludes halogenated alkanes) is 2. The fraction of sp³-hybridized carbons (Fsp3) is 0.531. The van der Waals surface area contributed by atoms with Crippen LogP contribution in [-0.2, 0) is 108 Å². The Labute approximate surface area is 651 Å². The van der Waals surface area contributed by atoms with Crippen molar-refractivity contribution >= 4 is 81.8 Å². The van der Waals surface area contributed by atoms with Crippen molar-refractivity contribution in [2.24, 2.45) is 0 Å². The first-order valence-corrected chi connectivity index (χ1v) is 38.9. The lowest BCUT2D eigenvalue weighted by Gasteiger charge is -2.42. The van der Waals surface area contributed by atoms with Gasteiger partial charge in [0.25, 0.3) is 0 Å². The molecule has 0 saturated carbocycles. The van der Waals surface area contributed by atoms with Crippen molar-refractivity contribution in [3.8, 4) is 11.5 Å². The van der Waals surface area contributed by atoms with Crippen LogP contribution in [-0.4, -0.2) is 229 Å². The number of nitrogens with zero attached hydrogens (tertiary/aromatic N) is 4. The molecule has 2 fully saturated rings. The molecule has 5 aromatic rings. The number of aliphatic hydroxyl groups is 1. The highest BCUT2D eigenvalue weighted by molar-refractivity contribution is 6.00. The van der Waals surface area contributed by atoms with Gasteiger partial charge < -0.3 is 91.3 Å². The maximum atomic E-state index is 16.4. The van der Waals surface area contributed by atoms with Gasteiger partial charge in [0.1, 0.15) is 71.8 Å². The minimum Gasteiger partial charge on any atom is -0.497 e. The SMILES string of the molecule is COc1ccc(C[C@@H]2NC(=O)[C@H]([C@@H](C)O)NC(=O)C3[C@@H]4CCCN3C(=O)[C@@H]3Cc5cn(c6ccc(F)cc56)CCCCOc5cc(cc(c5)CNC(=O)CCC(=O)N[C@@H](C)C(=O)N[C@H](CNC(=O)CCCCC[N+](C)(C)C)C(=O)N[C@@H](Cc5cccc(c5)CNC(=O)CO4)C(=O)N3)CCNC(=O)[C@]3(C)CCCN3C2=O)cc1. The number of fused-ring (bicyclic) bond motifs is 12. The topological polar surface area (TPSA) is 384 Å². The minimum atomic E-state index is -1.87. The number of hydrogen-bond donors (Lipinski definition) is 11. The average molecular weight is 1550 g/mol. The molecule has 6 heterocycles. The number of quaternary nitrogens is 1. The zero-order chi connectivity index (χ0) is 80.4. The number of aromatic nitrogens is 1. The minimum absolute atomic E-state index is 0.0161. The largest absolute Gasteiger partial charge is 0.497 e. The van der Waals surface area contributed by atoms with Crippen LogP contribution in [0.3, 0.4) is 0 Å². The van der Waals surface area contributed by atoms with Gasteiger partial charge in [-0.1, -0.05) is 42.5 Å². The van der Waals surface area contributed by atoms with Gasteiger partial charge in [0.15, 0.2) is 0 Å². The van der Waals surface area contributed by atoms with Crippen LogP contribution in [0.4, 0.5) is 4.39 Å². The molecule has 10 atom stereocenters. The Hall–Kier alpha value is -10.5. The van der Waals surface area contributed by atoms with E-state index in [2.05, 4.69) is 74.3 Å². The third-order valence-electron chi connectivity index (χ3n) is 21.2. The Kier molecular flexibility index (Phi) is 28.9. The highest BCUT2D eigenvalue weighted by atomic mass is 19.1. The summed E-state index contributed by atoms with van der Waals surface area (Å²) in [5.74, 6) is -8.95. The maximum absolute atomic E-state index is 16.4. The van der Waals surface area contributed by atoms with Crippen molar-refractivity contribution in [1.29, 1.82) is 0 Å². The Bertz CT molecular complexity index is 4260. The second-order valence-corrected chi connectivity index (χ2v) is 31.1. The van der Waals surface area contributed by atoms with Crippen LogP contribution in [0, 0.1) is 5.82 Å². The van der Waals surface area contributed by atoms with Gasteiger partial charge in [-0.3, -0.25) is 57.5 Å². The second kappa shape index (κ2) is 38.6. The average Bonchev–Trinajstić information content (AvgIpc) is 1.53. The summed E-state index contributed by atoms with van der Waals surface area (Å²) in [6, 6.07) is 11.7. The summed E-state index contributed by atoms with van der Waals surface area (Å²) in [5.41, 5.74) is 2.31. The zero-order valence-electron chi connectivity index (χ0n) is 65.0. The van der Waals surface area contributed by atoms with Gasteiger partial charge in [-0.05, 0) is 161 Å². The first-order valence-electron chi connectivity index (χ1n) is 38.9. The number of ether oxygens (including phenoxy) is 3. The van der Waals surface area contributed by atoms with Crippen LogP contribution in [0.1, 0.15) is 131 Å². The molecule has 4 aromatic carbocycles. The lowest BCUT2D eigenvalue weighted by atomic mass is 9.94. The molecule has 2 saturated heterocycles. The number of carbonyl (C=O) groups excluding carboxylic acids is 12. The van der Waals surface area contributed by atoms with Crippen molar-refractivity contribution in [2.45, 2.75) is 203 Å². The van der Waals surface area contributed by atoms with E-state index in [0.717, 1.165) is 28.8 Å². The van der Waals surface area contributed by atoms with Gasteiger partial charge in [0, 0.05) is 101 Å². The third-order valence-corrected chi connectivity index (χ3v) is 21.2. The number of nitrogens with one attached hydrogen (secondary N) is 10. The highest BCUT2D eigenvalue weighted by Crippen LogP contribution is 2.33. The maximum Gasteiger partial charge on any atom is 0.246 e. The molecule has 30 nitrogen and oxygen atoms in total. The van der Waals surface area contributed by atoms with Gasteiger partial charge in [-0.25, -0.2) is 4.39 Å². The standard InChI is InChI=1S/C81H107FN14O16/c1-49-73(102)91-64(46-86-67(98)19-9-8-11-34-96(4,5)6)75(104)88-61-41-52-16-13-17-54(36-52)44-85-70(101)48-112-66-18-14-32-94-72(66)77(106)92-71(50(2)97)76(105)90-62(40-51-20-23-58(110-7)24-21-51)79(108)95-33-15-29-81(95,3)80(109)83-30-28-53-37-55(45-84-68(99)26-27-69(100)87-49)39-59(38-53)111-35-12-10-31-93-47-56(42-63(78(94)107)89-74(61)103)60-43-57(82)22-25-65(60)93/h13,16-17,20-25,36-39,43,47,49-50,61-64,66,71-72,97H,8-12,14-15,18-19,26-35,40-42,44-46,48H2,1-7H3,(H9-,83,84,85,86,87,88,89,90,91,92,98,99,100,101,102,103,104,105,106,109)/p+1/t49-,50+,61-,62-,63-,64+,66-,71-,72?,81-/m0/s1. The molecule has 12 amide bonds. The second-order valence-electron chi connectivity index (χ2n) is 31.1. The third kappa shape index (κ3) is 22.8. The van der Waals surface area contributed by atoms with Crippen molar-refractivity contribution < 1.29 is 85.7 Å². The molecular weight excluding hydrogens is 1440 g/mol. The first-order chi connectivity index (χ1) is 53.5. The molecule has 11 N–H and O–H groups in total. The Morgan fingerprint density at radius 3 is 2.18 bits per heavy atom. The van der Waals surface area contributed by atoms with E-state index in [-0.39, 0.29) is 97.1 Å². The molecule has 604 valence electrons. The van der Waals surface area contributed by atoms with Gasteiger partial charge >= 0.3 is 0 Å². The number of piperidine rings is 1.